The lowest BCUT2D eigenvalue weighted by Gasteiger charge is -2.37. The summed E-state index contributed by atoms with van der Waals surface area (Å²) in [6.07, 6.45) is -1.72. The van der Waals surface area contributed by atoms with E-state index >= 15 is 0 Å². The summed E-state index contributed by atoms with van der Waals surface area (Å²) >= 11 is 0. The molecule has 1 N–H and O–H groups in total. The van der Waals surface area contributed by atoms with Gasteiger partial charge in [-0.25, -0.2) is 0 Å². The van der Waals surface area contributed by atoms with Gasteiger partial charge in [-0.05, 0) is 48.1 Å². The number of fused-ring (bicyclic) bond motifs is 1. The average Bonchev–Trinajstić information content (AvgIpc) is 3.32. The Labute approximate surface area is 185 Å². The predicted molar refractivity (Wildman–Crippen MR) is 114 cm³/mol. The molecule has 8 heteroatoms. The second kappa shape index (κ2) is 9.32. The second-order valence-electron chi connectivity index (χ2n) is 8.33. The Kier molecular flexibility index (Phi) is 6.50. The van der Waals surface area contributed by atoms with Crippen molar-refractivity contribution in [3.05, 3.63) is 70.8 Å². The number of carbonyl (C=O) groups is 2. The number of hydrogen-bond donors (Lipinski definition) is 1. The Hall–Kier alpha value is -2.87. The monoisotopic (exact) mass is 445 g/mol. The van der Waals surface area contributed by atoms with E-state index in [4.69, 9.17) is 0 Å². The number of nitrogens with one attached hydrogen (secondary N) is 1. The molecule has 32 heavy (non-hydrogen) atoms. The largest absolute Gasteiger partial charge is 0.416 e. The lowest BCUT2D eigenvalue weighted by atomic mass is 9.91. The van der Waals surface area contributed by atoms with Crippen LogP contribution in [0.25, 0.3) is 0 Å². The number of nitrogens with zero attached hydrogens (tertiary/aromatic N) is 2. The maximum absolute atomic E-state index is 13.3. The third-order valence-corrected chi connectivity index (χ3v) is 6.13. The van der Waals surface area contributed by atoms with E-state index in [1.807, 2.05) is 34.1 Å². The van der Waals surface area contributed by atoms with Gasteiger partial charge in [0.1, 0.15) is 6.04 Å². The number of likely N-dealkylation sites (tertiary alicyclic amines) is 1. The summed E-state index contributed by atoms with van der Waals surface area (Å²) < 4.78 is 38.7. The van der Waals surface area contributed by atoms with Crippen LogP contribution in [0.2, 0.25) is 0 Å². The predicted octanol–water partition coefficient (Wildman–Crippen LogP) is 3.54. The molecule has 1 atom stereocenters. The van der Waals surface area contributed by atoms with Gasteiger partial charge in [0.15, 0.2) is 0 Å². The molecule has 2 aliphatic rings. The van der Waals surface area contributed by atoms with E-state index in [1.54, 1.807) is 6.07 Å². The normalized spacial score (nSPS) is 19.0. The van der Waals surface area contributed by atoms with Crippen LogP contribution >= 0.6 is 0 Å². The standard InChI is InChI=1S/C24H26F3N3O2/c25-24(26,27)19-8-5-6-17(14-19)15-28-21(31)16-30-13-10-18-7-1-2-9-20(18)22(30)23(32)29-11-3-4-12-29/h1-2,5-9,14,22H,3-4,10-13,15-16H2,(H,28,31). The summed E-state index contributed by atoms with van der Waals surface area (Å²) in [7, 11) is 0. The van der Waals surface area contributed by atoms with Crippen LogP contribution in [0.3, 0.4) is 0 Å². The molecule has 4 rings (SSSR count). The molecule has 2 amide bonds. The molecular weight excluding hydrogens is 419 g/mol. The molecule has 2 aromatic rings. The minimum atomic E-state index is -4.43. The summed E-state index contributed by atoms with van der Waals surface area (Å²) in [4.78, 5) is 29.7. The van der Waals surface area contributed by atoms with Gasteiger partial charge in [0, 0.05) is 26.2 Å². The zero-order valence-corrected chi connectivity index (χ0v) is 17.7. The van der Waals surface area contributed by atoms with Crippen LogP contribution in [-0.2, 0) is 28.7 Å². The minimum absolute atomic E-state index is 0.00207. The van der Waals surface area contributed by atoms with Crippen molar-refractivity contribution in [3.8, 4) is 0 Å². The fourth-order valence-corrected chi connectivity index (χ4v) is 4.49. The molecule has 5 nitrogen and oxygen atoms in total. The molecule has 0 radical (unpaired) electrons. The molecular formula is C24H26F3N3O2. The van der Waals surface area contributed by atoms with Gasteiger partial charge >= 0.3 is 6.18 Å². The first kappa shape index (κ1) is 22.3. The van der Waals surface area contributed by atoms with Gasteiger partial charge in [-0.3, -0.25) is 14.5 Å². The van der Waals surface area contributed by atoms with Crippen molar-refractivity contribution < 1.29 is 22.8 Å². The lowest BCUT2D eigenvalue weighted by Crippen LogP contribution is -2.48. The van der Waals surface area contributed by atoms with Gasteiger partial charge < -0.3 is 10.2 Å². The first-order valence-corrected chi connectivity index (χ1v) is 10.9. The van der Waals surface area contributed by atoms with Crippen molar-refractivity contribution in [1.29, 1.82) is 0 Å². The number of rotatable bonds is 5. The van der Waals surface area contributed by atoms with Gasteiger partial charge in [0.05, 0.1) is 12.1 Å². The minimum Gasteiger partial charge on any atom is -0.351 e. The van der Waals surface area contributed by atoms with Gasteiger partial charge in [-0.2, -0.15) is 13.2 Å². The topological polar surface area (TPSA) is 52.7 Å². The quantitative estimate of drug-likeness (QED) is 0.766. The van der Waals surface area contributed by atoms with Crippen molar-refractivity contribution >= 4 is 11.8 Å². The van der Waals surface area contributed by atoms with Crippen molar-refractivity contribution in [2.75, 3.05) is 26.2 Å². The van der Waals surface area contributed by atoms with Gasteiger partial charge in [0.2, 0.25) is 11.8 Å². The fraction of sp³-hybridized carbons (Fsp3) is 0.417. The maximum Gasteiger partial charge on any atom is 0.416 e. The Morgan fingerprint density at radius 3 is 2.50 bits per heavy atom. The molecule has 0 bridgehead atoms. The summed E-state index contributed by atoms with van der Waals surface area (Å²) in [6.45, 7) is 2.04. The molecule has 170 valence electrons. The lowest BCUT2D eigenvalue weighted by molar-refractivity contribution is -0.138. The molecule has 1 fully saturated rings. The van der Waals surface area contributed by atoms with Crippen LogP contribution in [0.5, 0.6) is 0 Å². The molecule has 0 aliphatic carbocycles. The number of amides is 2. The van der Waals surface area contributed by atoms with Crippen LogP contribution in [0, 0.1) is 0 Å². The number of benzene rings is 2. The molecule has 0 saturated carbocycles. The van der Waals surface area contributed by atoms with Gasteiger partial charge in [-0.1, -0.05) is 36.4 Å². The zero-order chi connectivity index (χ0) is 22.7. The molecule has 1 saturated heterocycles. The van der Waals surface area contributed by atoms with Gasteiger partial charge in [0.25, 0.3) is 0 Å². The van der Waals surface area contributed by atoms with E-state index < -0.39 is 17.8 Å². The number of alkyl halides is 3. The maximum atomic E-state index is 13.3. The highest BCUT2D eigenvalue weighted by molar-refractivity contribution is 5.86. The summed E-state index contributed by atoms with van der Waals surface area (Å²) in [6, 6.07) is 12.2. The SMILES string of the molecule is O=C(CN1CCc2ccccc2C1C(=O)N1CCCC1)NCc1cccc(C(F)(F)F)c1. The summed E-state index contributed by atoms with van der Waals surface area (Å²) in [5.41, 5.74) is 1.68. The number of halogens is 3. The Morgan fingerprint density at radius 1 is 1.00 bits per heavy atom. The van der Waals surface area contributed by atoms with E-state index in [2.05, 4.69) is 5.32 Å². The molecule has 2 heterocycles. The molecule has 2 aromatic carbocycles. The van der Waals surface area contributed by atoms with Crippen molar-refractivity contribution in [2.24, 2.45) is 0 Å². The second-order valence-corrected chi connectivity index (χ2v) is 8.33. The van der Waals surface area contributed by atoms with Crippen molar-refractivity contribution in [3.63, 3.8) is 0 Å². The van der Waals surface area contributed by atoms with E-state index in [9.17, 15) is 22.8 Å². The Morgan fingerprint density at radius 2 is 1.75 bits per heavy atom. The van der Waals surface area contributed by atoms with Crippen LogP contribution in [0.4, 0.5) is 13.2 Å². The fourth-order valence-electron chi connectivity index (χ4n) is 4.49. The molecule has 0 aromatic heterocycles. The highest BCUT2D eigenvalue weighted by Gasteiger charge is 2.37. The van der Waals surface area contributed by atoms with Crippen molar-refractivity contribution in [2.45, 2.75) is 38.0 Å². The Bertz CT molecular complexity index is 986. The smallest absolute Gasteiger partial charge is 0.351 e. The third kappa shape index (κ3) is 4.96. The molecule has 1 unspecified atom stereocenters. The van der Waals surface area contributed by atoms with Crippen LogP contribution in [0.1, 0.15) is 41.1 Å². The first-order chi connectivity index (χ1) is 15.3. The first-order valence-electron chi connectivity index (χ1n) is 10.9. The summed E-state index contributed by atoms with van der Waals surface area (Å²) in [5.74, 6) is -0.304. The van der Waals surface area contributed by atoms with Crippen LogP contribution < -0.4 is 5.32 Å². The highest BCUT2D eigenvalue weighted by atomic mass is 19.4. The average molecular weight is 445 g/mol. The van der Waals surface area contributed by atoms with Gasteiger partial charge in [-0.15, -0.1) is 0 Å². The number of carbonyl (C=O) groups excluding carboxylic acids is 2. The Balaban J connectivity index is 1.45. The van der Waals surface area contributed by atoms with E-state index in [0.29, 0.717) is 12.1 Å². The van der Waals surface area contributed by atoms with E-state index in [1.165, 1.54) is 6.07 Å². The van der Waals surface area contributed by atoms with Crippen LogP contribution in [-0.4, -0.2) is 47.8 Å². The third-order valence-electron chi connectivity index (χ3n) is 6.13. The van der Waals surface area contributed by atoms with E-state index in [0.717, 1.165) is 55.6 Å². The molecule has 0 spiro atoms. The zero-order valence-electron chi connectivity index (χ0n) is 17.7. The van der Waals surface area contributed by atoms with E-state index in [-0.39, 0.29) is 24.9 Å². The van der Waals surface area contributed by atoms with Crippen molar-refractivity contribution in [1.82, 2.24) is 15.1 Å². The number of hydrogen-bond acceptors (Lipinski definition) is 3. The highest BCUT2D eigenvalue weighted by Crippen LogP contribution is 2.32. The molecule has 2 aliphatic heterocycles. The summed E-state index contributed by atoms with van der Waals surface area (Å²) in [5, 5.41) is 2.71. The van der Waals surface area contributed by atoms with Crippen LogP contribution in [0.15, 0.2) is 48.5 Å².